The van der Waals surface area contributed by atoms with Crippen molar-refractivity contribution < 1.29 is 14.9 Å². The highest BCUT2D eigenvalue weighted by atomic mass is 16.5. The van der Waals surface area contributed by atoms with Gasteiger partial charge in [0, 0.05) is 54.5 Å². The largest absolute Gasteiger partial charge is 0.485 e. The van der Waals surface area contributed by atoms with Crippen molar-refractivity contribution in [3.63, 3.8) is 0 Å². The maximum atomic E-state index is 9.92. The Morgan fingerprint density at radius 1 is 1.00 bits per heavy atom. The number of likely N-dealkylation sites (N-methyl/N-ethyl adjacent to an activating group) is 1. The van der Waals surface area contributed by atoms with Crippen molar-refractivity contribution >= 4 is 5.69 Å². The maximum absolute atomic E-state index is 9.92. The summed E-state index contributed by atoms with van der Waals surface area (Å²) in [5, 5.41) is 26.2. The van der Waals surface area contributed by atoms with Crippen molar-refractivity contribution in [3.8, 4) is 5.75 Å². The molecule has 0 radical (unpaired) electrons. The molecule has 2 aromatic carbocycles. The third-order valence-electron chi connectivity index (χ3n) is 5.40. The van der Waals surface area contributed by atoms with Crippen LogP contribution in [0.15, 0.2) is 66.4 Å². The van der Waals surface area contributed by atoms with Gasteiger partial charge in [-0.3, -0.25) is 0 Å². The molecule has 2 aliphatic rings. The minimum Gasteiger partial charge on any atom is -0.485 e. The summed E-state index contributed by atoms with van der Waals surface area (Å²) >= 11 is 0. The third kappa shape index (κ3) is 3.09. The van der Waals surface area contributed by atoms with Gasteiger partial charge in [-0.25, -0.2) is 0 Å². The van der Waals surface area contributed by atoms with Crippen LogP contribution in [-0.2, 0) is 0 Å². The van der Waals surface area contributed by atoms with E-state index in [1.807, 2.05) is 44.4 Å². The first-order chi connectivity index (χ1) is 13.1. The molecule has 3 atom stereocenters. The van der Waals surface area contributed by atoms with E-state index in [1.54, 1.807) is 6.07 Å². The van der Waals surface area contributed by atoms with Crippen molar-refractivity contribution in [1.82, 2.24) is 5.32 Å². The lowest BCUT2D eigenvalue weighted by atomic mass is 9.73. The van der Waals surface area contributed by atoms with Crippen molar-refractivity contribution in [3.05, 3.63) is 83.1 Å². The summed E-state index contributed by atoms with van der Waals surface area (Å²) in [6.45, 7) is 0. The van der Waals surface area contributed by atoms with Gasteiger partial charge in [0.2, 0.25) is 0 Å². The number of rotatable bonds is 4. The average molecular weight is 364 g/mol. The van der Waals surface area contributed by atoms with Crippen LogP contribution in [0.1, 0.15) is 28.9 Å². The highest BCUT2D eigenvalue weighted by Gasteiger charge is 2.39. The smallest absolute Gasteiger partial charge is 0.178 e. The highest BCUT2D eigenvalue weighted by molar-refractivity contribution is 5.57. The van der Waals surface area contributed by atoms with E-state index in [9.17, 15) is 10.2 Å². The molecule has 0 amide bonds. The van der Waals surface area contributed by atoms with Gasteiger partial charge in [0.15, 0.2) is 6.29 Å². The molecule has 5 nitrogen and oxygen atoms in total. The third-order valence-corrected chi connectivity index (χ3v) is 5.40. The topological polar surface area (TPSA) is 73.8 Å². The number of hydrogen-bond acceptors (Lipinski definition) is 5. The molecule has 4 N–H and O–H groups in total. The Hall–Kier alpha value is -2.76. The standard InChI is InChI=1S/C22H24N2O3/c1-23-13-7-9-17-19(11-13)27-20-12-14(24-2)8-10-18(20)21(17)15-5-3-4-6-16(15)22(25)26/h3-12,17,19,21-26H,1-2H3. The Kier molecular flexibility index (Phi) is 4.64. The van der Waals surface area contributed by atoms with Crippen molar-refractivity contribution in [2.24, 2.45) is 5.92 Å². The normalized spacial score (nSPS) is 23.1. The first-order valence-corrected chi connectivity index (χ1v) is 9.13. The zero-order valence-corrected chi connectivity index (χ0v) is 15.4. The van der Waals surface area contributed by atoms with Crippen LogP contribution in [0.5, 0.6) is 5.75 Å². The molecule has 1 aliphatic heterocycles. The number of aliphatic hydroxyl groups is 2. The van der Waals surface area contributed by atoms with Gasteiger partial charge < -0.3 is 25.6 Å². The van der Waals surface area contributed by atoms with E-state index in [2.05, 4.69) is 34.9 Å². The molecule has 4 rings (SSSR count). The molecule has 5 heteroatoms. The lowest BCUT2D eigenvalue weighted by Gasteiger charge is -2.40. The predicted molar refractivity (Wildman–Crippen MR) is 106 cm³/mol. The quantitative estimate of drug-likeness (QED) is 0.628. The molecule has 3 unspecified atom stereocenters. The van der Waals surface area contributed by atoms with Gasteiger partial charge in [-0.2, -0.15) is 0 Å². The lowest BCUT2D eigenvalue weighted by molar-refractivity contribution is -0.0435. The van der Waals surface area contributed by atoms with Crippen molar-refractivity contribution in [2.45, 2.75) is 18.3 Å². The summed E-state index contributed by atoms with van der Waals surface area (Å²) in [5.41, 5.74) is 4.48. The van der Waals surface area contributed by atoms with E-state index in [0.29, 0.717) is 5.56 Å². The molecule has 2 aromatic rings. The summed E-state index contributed by atoms with van der Waals surface area (Å²) in [6, 6.07) is 13.6. The predicted octanol–water partition coefficient (Wildman–Crippen LogP) is 2.89. The molecule has 0 bridgehead atoms. The first kappa shape index (κ1) is 17.6. The molecular formula is C22H24N2O3. The second-order valence-corrected chi connectivity index (χ2v) is 6.87. The summed E-state index contributed by atoms with van der Waals surface area (Å²) < 4.78 is 6.33. The fraction of sp³-hybridized carbons (Fsp3) is 0.273. The zero-order chi connectivity index (χ0) is 19.0. The van der Waals surface area contributed by atoms with E-state index < -0.39 is 6.29 Å². The van der Waals surface area contributed by atoms with Crippen LogP contribution in [0.3, 0.4) is 0 Å². The number of benzene rings is 2. The van der Waals surface area contributed by atoms with Crippen LogP contribution >= 0.6 is 0 Å². The highest BCUT2D eigenvalue weighted by Crippen LogP contribution is 2.48. The van der Waals surface area contributed by atoms with Gasteiger partial charge in [-0.15, -0.1) is 0 Å². The summed E-state index contributed by atoms with van der Waals surface area (Å²) in [4.78, 5) is 0. The number of nitrogens with one attached hydrogen (secondary N) is 2. The minimum atomic E-state index is -1.52. The van der Waals surface area contributed by atoms with E-state index in [4.69, 9.17) is 4.74 Å². The Balaban J connectivity index is 1.89. The SMILES string of the molecule is CNC1=CC2Oc3cc(NC)ccc3C(c3ccccc3C(O)O)C2C=C1. The van der Waals surface area contributed by atoms with E-state index in [-0.39, 0.29) is 17.9 Å². The van der Waals surface area contributed by atoms with Crippen molar-refractivity contribution in [1.29, 1.82) is 0 Å². The van der Waals surface area contributed by atoms with Gasteiger partial charge in [0.05, 0.1) is 0 Å². The summed E-state index contributed by atoms with van der Waals surface area (Å²) in [7, 11) is 3.77. The van der Waals surface area contributed by atoms with Crippen LogP contribution in [-0.4, -0.2) is 30.4 Å². The molecule has 140 valence electrons. The maximum Gasteiger partial charge on any atom is 0.178 e. The van der Waals surface area contributed by atoms with Crippen LogP contribution in [0, 0.1) is 5.92 Å². The molecule has 0 saturated carbocycles. The van der Waals surface area contributed by atoms with Gasteiger partial charge in [0.25, 0.3) is 0 Å². The zero-order valence-electron chi connectivity index (χ0n) is 15.4. The van der Waals surface area contributed by atoms with Crippen LogP contribution < -0.4 is 15.4 Å². The number of hydrogen-bond donors (Lipinski definition) is 4. The fourth-order valence-corrected chi connectivity index (χ4v) is 4.05. The average Bonchev–Trinajstić information content (AvgIpc) is 2.71. The van der Waals surface area contributed by atoms with Crippen LogP contribution in [0.4, 0.5) is 5.69 Å². The lowest BCUT2D eigenvalue weighted by Crippen LogP contribution is -2.37. The second kappa shape index (κ2) is 7.10. The number of allylic oxidation sites excluding steroid dienone is 1. The molecule has 1 heterocycles. The van der Waals surface area contributed by atoms with Gasteiger partial charge in [0.1, 0.15) is 11.9 Å². The monoisotopic (exact) mass is 364 g/mol. The molecule has 0 fully saturated rings. The van der Waals surface area contributed by atoms with E-state index >= 15 is 0 Å². The van der Waals surface area contributed by atoms with Gasteiger partial charge >= 0.3 is 0 Å². The molecule has 0 saturated heterocycles. The Bertz CT molecular complexity index is 904. The molecule has 27 heavy (non-hydrogen) atoms. The number of anilines is 1. The molecule has 1 aliphatic carbocycles. The molecule has 0 spiro atoms. The van der Waals surface area contributed by atoms with E-state index in [1.165, 1.54) is 0 Å². The molecule has 0 aromatic heterocycles. The van der Waals surface area contributed by atoms with Crippen LogP contribution in [0.25, 0.3) is 0 Å². The fourth-order valence-electron chi connectivity index (χ4n) is 4.05. The van der Waals surface area contributed by atoms with Crippen LogP contribution in [0.2, 0.25) is 0 Å². The number of ether oxygens (including phenoxy) is 1. The van der Waals surface area contributed by atoms with E-state index in [0.717, 1.165) is 28.3 Å². The summed E-state index contributed by atoms with van der Waals surface area (Å²) in [6.07, 6.45) is 4.65. The Morgan fingerprint density at radius 2 is 1.81 bits per heavy atom. The second-order valence-electron chi connectivity index (χ2n) is 6.87. The summed E-state index contributed by atoms with van der Waals surface area (Å²) in [5.74, 6) is 0.848. The number of fused-ring (bicyclic) bond motifs is 2. The Morgan fingerprint density at radius 3 is 2.56 bits per heavy atom. The molecular weight excluding hydrogens is 340 g/mol. The van der Waals surface area contributed by atoms with Gasteiger partial charge in [-0.05, 0) is 23.8 Å². The Labute approximate surface area is 159 Å². The number of aliphatic hydroxyl groups excluding tert-OH is 1. The van der Waals surface area contributed by atoms with Gasteiger partial charge in [-0.1, -0.05) is 36.4 Å². The first-order valence-electron chi connectivity index (χ1n) is 9.13. The van der Waals surface area contributed by atoms with Crippen molar-refractivity contribution in [2.75, 3.05) is 19.4 Å². The minimum absolute atomic E-state index is 0.0337.